The van der Waals surface area contributed by atoms with E-state index >= 15 is 0 Å². The van der Waals surface area contributed by atoms with Crippen molar-refractivity contribution in [1.82, 2.24) is 4.90 Å². The third-order valence-electron chi connectivity index (χ3n) is 3.26. The molecular formula is C15H18FNO3. The minimum atomic E-state index is -0.737. The number of hydrogen-bond donors (Lipinski definition) is 3. The van der Waals surface area contributed by atoms with E-state index in [1.54, 1.807) is 6.07 Å². The number of β-amino-alcohol motifs (C(OH)–C–C–N with tert-alkyl or cyclic N) is 2. The molecule has 0 saturated carbocycles. The molecule has 1 saturated heterocycles. The average Bonchev–Trinajstić information content (AvgIpc) is 2.72. The second-order valence-electron chi connectivity index (χ2n) is 4.91. The number of halogens is 1. The molecule has 0 aliphatic carbocycles. The first-order valence-electron chi connectivity index (χ1n) is 6.57. The topological polar surface area (TPSA) is 63.9 Å². The van der Waals surface area contributed by atoms with Gasteiger partial charge in [0.05, 0.1) is 18.8 Å². The van der Waals surface area contributed by atoms with E-state index in [1.165, 1.54) is 12.1 Å². The highest BCUT2D eigenvalue weighted by Crippen LogP contribution is 2.17. The molecular weight excluding hydrogens is 261 g/mol. The van der Waals surface area contributed by atoms with Crippen molar-refractivity contribution in [2.75, 3.05) is 19.7 Å². The SMILES string of the molecule is OCCC#Cc1cc(F)ccc1CN1CC(O)C(O)C1. The van der Waals surface area contributed by atoms with Crippen LogP contribution in [0.25, 0.3) is 0 Å². The maximum Gasteiger partial charge on any atom is 0.124 e. The van der Waals surface area contributed by atoms with Crippen LogP contribution in [0.3, 0.4) is 0 Å². The van der Waals surface area contributed by atoms with Gasteiger partial charge in [0, 0.05) is 31.6 Å². The summed E-state index contributed by atoms with van der Waals surface area (Å²) in [4.78, 5) is 1.90. The molecule has 5 heteroatoms. The Morgan fingerprint density at radius 1 is 1.25 bits per heavy atom. The Hall–Kier alpha value is -1.45. The first-order chi connectivity index (χ1) is 9.60. The first kappa shape index (κ1) is 14.9. The Morgan fingerprint density at radius 2 is 1.95 bits per heavy atom. The van der Waals surface area contributed by atoms with Crippen molar-refractivity contribution in [3.05, 3.63) is 35.1 Å². The summed E-state index contributed by atoms with van der Waals surface area (Å²) in [7, 11) is 0. The van der Waals surface area contributed by atoms with Crippen molar-refractivity contribution >= 4 is 0 Å². The number of likely N-dealkylation sites (tertiary alicyclic amines) is 1. The quantitative estimate of drug-likeness (QED) is 0.687. The molecule has 1 aliphatic heterocycles. The molecule has 0 spiro atoms. The van der Waals surface area contributed by atoms with Crippen LogP contribution in [0.2, 0.25) is 0 Å². The van der Waals surface area contributed by atoms with Crippen molar-refractivity contribution in [2.24, 2.45) is 0 Å². The lowest BCUT2D eigenvalue weighted by molar-refractivity contribution is 0.0572. The van der Waals surface area contributed by atoms with Crippen molar-refractivity contribution in [3.8, 4) is 11.8 Å². The Bertz CT molecular complexity index is 514. The third kappa shape index (κ3) is 3.78. The van der Waals surface area contributed by atoms with E-state index in [0.29, 0.717) is 31.6 Å². The summed E-state index contributed by atoms with van der Waals surface area (Å²) in [5, 5.41) is 27.8. The van der Waals surface area contributed by atoms with Gasteiger partial charge < -0.3 is 15.3 Å². The molecule has 4 nitrogen and oxygen atoms in total. The number of aliphatic hydroxyl groups is 3. The summed E-state index contributed by atoms with van der Waals surface area (Å²) in [6, 6.07) is 4.40. The van der Waals surface area contributed by atoms with E-state index in [2.05, 4.69) is 11.8 Å². The monoisotopic (exact) mass is 279 g/mol. The molecule has 2 unspecified atom stereocenters. The largest absolute Gasteiger partial charge is 0.395 e. The minimum absolute atomic E-state index is 0.0256. The molecule has 0 amide bonds. The Kier molecular flexibility index (Phi) is 5.10. The number of rotatable bonds is 3. The van der Waals surface area contributed by atoms with Gasteiger partial charge >= 0.3 is 0 Å². The Balaban J connectivity index is 2.13. The average molecular weight is 279 g/mol. The normalized spacial score (nSPS) is 22.6. The van der Waals surface area contributed by atoms with Crippen LogP contribution in [0, 0.1) is 17.7 Å². The molecule has 108 valence electrons. The van der Waals surface area contributed by atoms with E-state index in [9.17, 15) is 14.6 Å². The summed E-state index contributed by atoms with van der Waals surface area (Å²) in [5.41, 5.74) is 1.42. The fourth-order valence-electron chi connectivity index (χ4n) is 2.23. The third-order valence-corrected chi connectivity index (χ3v) is 3.26. The molecule has 0 aromatic heterocycles. The Morgan fingerprint density at radius 3 is 2.60 bits per heavy atom. The van der Waals surface area contributed by atoms with Crippen LogP contribution in [-0.2, 0) is 6.54 Å². The van der Waals surface area contributed by atoms with Gasteiger partial charge in [0.25, 0.3) is 0 Å². The number of nitrogens with zero attached hydrogens (tertiary/aromatic N) is 1. The highest BCUT2D eigenvalue weighted by Gasteiger charge is 2.29. The maximum absolute atomic E-state index is 13.3. The molecule has 2 atom stereocenters. The van der Waals surface area contributed by atoms with Gasteiger partial charge in [-0.2, -0.15) is 0 Å². The van der Waals surface area contributed by atoms with Gasteiger partial charge in [-0.25, -0.2) is 4.39 Å². The van der Waals surface area contributed by atoms with Crippen molar-refractivity contribution < 1.29 is 19.7 Å². The standard InChI is InChI=1S/C15H18FNO3/c16-13-5-4-12(11(7-13)3-1-2-6-18)8-17-9-14(19)15(20)10-17/h4-5,7,14-15,18-20H,2,6,8-10H2. The lowest BCUT2D eigenvalue weighted by Gasteiger charge is -2.16. The predicted octanol–water partition coefficient (Wildman–Crippen LogP) is 0.0970. The van der Waals surface area contributed by atoms with Gasteiger partial charge in [-0.1, -0.05) is 17.9 Å². The molecule has 1 aromatic rings. The van der Waals surface area contributed by atoms with Gasteiger partial charge in [0.15, 0.2) is 0 Å². The fourth-order valence-corrected chi connectivity index (χ4v) is 2.23. The summed E-state index contributed by atoms with van der Waals surface area (Å²) in [6.45, 7) is 1.25. The van der Waals surface area contributed by atoms with E-state index in [4.69, 9.17) is 5.11 Å². The van der Waals surface area contributed by atoms with Gasteiger partial charge in [-0.15, -0.1) is 0 Å². The molecule has 20 heavy (non-hydrogen) atoms. The van der Waals surface area contributed by atoms with Crippen LogP contribution >= 0.6 is 0 Å². The fraction of sp³-hybridized carbons (Fsp3) is 0.467. The summed E-state index contributed by atoms with van der Waals surface area (Å²) in [6.07, 6.45) is -1.13. The van der Waals surface area contributed by atoms with Gasteiger partial charge in [-0.05, 0) is 17.7 Å². The van der Waals surface area contributed by atoms with Crippen molar-refractivity contribution in [1.29, 1.82) is 0 Å². The first-order valence-corrected chi connectivity index (χ1v) is 6.57. The molecule has 2 rings (SSSR count). The minimum Gasteiger partial charge on any atom is -0.395 e. The van der Waals surface area contributed by atoms with Crippen molar-refractivity contribution in [2.45, 2.75) is 25.2 Å². The van der Waals surface area contributed by atoms with Crippen LogP contribution in [-0.4, -0.2) is 52.1 Å². The number of hydrogen-bond acceptors (Lipinski definition) is 4. The lowest BCUT2D eigenvalue weighted by atomic mass is 10.1. The lowest BCUT2D eigenvalue weighted by Crippen LogP contribution is -2.22. The molecule has 0 bridgehead atoms. The smallest absolute Gasteiger partial charge is 0.124 e. The molecule has 1 heterocycles. The maximum atomic E-state index is 13.3. The molecule has 1 aliphatic rings. The number of benzene rings is 1. The van der Waals surface area contributed by atoms with Crippen LogP contribution in [0.15, 0.2) is 18.2 Å². The van der Waals surface area contributed by atoms with Crippen LogP contribution in [0.1, 0.15) is 17.5 Å². The van der Waals surface area contributed by atoms with E-state index in [-0.39, 0.29) is 12.4 Å². The zero-order valence-corrected chi connectivity index (χ0v) is 11.1. The second-order valence-corrected chi connectivity index (χ2v) is 4.91. The molecule has 3 N–H and O–H groups in total. The Labute approximate surface area is 117 Å². The van der Waals surface area contributed by atoms with Crippen LogP contribution in [0.4, 0.5) is 4.39 Å². The van der Waals surface area contributed by atoms with E-state index < -0.39 is 12.2 Å². The summed E-state index contributed by atoms with van der Waals surface area (Å²) >= 11 is 0. The van der Waals surface area contributed by atoms with E-state index in [1.807, 2.05) is 4.90 Å². The van der Waals surface area contributed by atoms with Gasteiger partial charge in [0.1, 0.15) is 5.82 Å². The summed E-state index contributed by atoms with van der Waals surface area (Å²) in [5.74, 6) is 5.27. The molecule has 1 aromatic carbocycles. The van der Waals surface area contributed by atoms with E-state index in [0.717, 1.165) is 5.56 Å². The van der Waals surface area contributed by atoms with Crippen LogP contribution < -0.4 is 0 Å². The van der Waals surface area contributed by atoms with Crippen molar-refractivity contribution in [3.63, 3.8) is 0 Å². The zero-order valence-electron chi connectivity index (χ0n) is 11.1. The zero-order chi connectivity index (χ0) is 14.5. The number of aliphatic hydroxyl groups excluding tert-OH is 3. The predicted molar refractivity (Wildman–Crippen MR) is 72.3 cm³/mol. The molecule has 0 radical (unpaired) electrons. The molecule has 1 fully saturated rings. The van der Waals surface area contributed by atoms with Gasteiger partial charge in [0.2, 0.25) is 0 Å². The summed E-state index contributed by atoms with van der Waals surface area (Å²) < 4.78 is 13.3. The highest BCUT2D eigenvalue weighted by molar-refractivity contribution is 5.41. The van der Waals surface area contributed by atoms with Crippen LogP contribution in [0.5, 0.6) is 0 Å². The van der Waals surface area contributed by atoms with Gasteiger partial charge in [-0.3, -0.25) is 4.90 Å². The second kappa shape index (κ2) is 6.82. The highest BCUT2D eigenvalue weighted by atomic mass is 19.1.